The van der Waals surface area contributed by atoms with E-state index in [1.807, 2.05) is 11.5 Å². The van der Waals surface area contributed by atoms with Gasteiger partial charge >= 0.3 is 12.0 Å². The van der Waals surface area contributed by atoms with Crippen molar-refractivity contribution in [2.24, 2.45) is 15.5 Å². The summed E-state index contributed by atoms with van der Waals surface area (Å²) in [5, 5.41) is 6.57. The molecule has 140 valence electrons. The van der Waals surface area contributed by atoms with Crippen LogP contribution in [0, 0.1) is 5.41 Å². The highest BCUT2D eigenvalue weighted by Crippen LogP contribution is 2.27. The van der Waals surface area contributed by atoms with Crippen molar-refractivity contribution in [2.75, 3.05) is 26.7 Å². The molecule has 3 aliphatic heterocycles. The highest BCUT2D eigenvalue weighted by molar-refractivity contribution is 6.23. The van der Waals surface area contributed by atoms with E-state index in [-0.39, 0.29) is 17.4 Å². The van der Waals surface area contributed by atoms with Gasteiger partial charge in [0, 0.05) is 19.0 Å². The average molecular weight is 359 g/mol. The maximum absolute atomic E-state index is 13.0. The molecule has 1 unspecified atom stereocenters. The third kappa shape index (κ3) is 2.73. The first kappa shape index (κ1) is 18.3. The lowest BCUT2D eigenvalue weighted by atomic mass is 9.89. The Hall–Kier alpha value is -2.51. The summed E-state index contributed by atoms with van der Waals surface area (Å²) >= 11 is 0. The number of carbonyl (C=O) groups is 2. The van der Waals surface area contributed by atoms with Crippen molar-refractivity contribution in [3.05, 3.63) is 12.2 Å². The molecule has 0 aromatic carbocycles. The van der Waals surface area contributed by atoms with E-state index in [4.69, 9.17) is 5.10 Å². The van der Waals surface area contributed by atoms with Crippen molar-refractivity contribution in [1.29, 1.82) is 0 Å². The number of hydrogen-bond donors (Lipinski definition) is 0. The van der Waals surface area contributed by atoms with Crippen molar-refractivity contribution < 1.29 is 14.2 Å². The van der Waals surface area contributed by atoms with E-state index in [1.54, 1.807) is 19.0 Å². The number of nitrogens with zero attached hydrogens (tertiary/aromatic N) is 6. The van der Waals surface area contributed by atoms with E-state index in [1.165, 1.54) is 9.80 Å². The van der Waals surface area contributed by atoms with Gasteiger partial charge in [0.15, 0.2) is 0 Å². The zero-order valence-electron chi connectivity index (χ0n) is 16.4. The van der Waals surface area contributed by atoms with Gasteiger partial charge < -0.3 is 0 Å². The molecule has 1 atom stereocenters. The Kier molecular flexibility index (Phi) is 4.24. The first-order valence-electron chi connectivity index (χ1n) is 8.87. The maximum atomic E-state index is 13.0. The number of carbonyl (C=O) groups excluding carboxylic acids is 2. The van der Waals surface area contributed by atoms with Gasteiger partial charge in [0.05, 0.1) is 5.71 Å². The number of urea groups is 1. The van der Waals surface area contributed by atoms with Gasteiger partial charge in [-0.2, -0.15) is 0 Å². The van der Waals surface area contributed by atoms with Gasteiger partial charge in [0.25, 0.3) is 5.91 Å². The Morgan fingerprint density at radius 1 is 1.35 bits per heavy atom. The predicted molar refractivity (Wildman–Crippen MR) is 100 cm³/mol. The first-order valence-corrected chi connectivity index (χ1v) is 8.87. The Morgan fingerprint density at radius 2 is 2.00 bits per heavy atom. The smallest absolute Gasteiger partial charge is 0.270 e. The van der Waals surface area contributed by atoms with E-state index in [0.717, 1.165) is 11.3 Å². The third-order valence-corrected chi connectivity index (χ3v) is 4.78. The van der Waals surface area contributed by atoms with E-state index in [0.29, 0.717) is 31.4 Å². The molecule has 3 aliphatic rings. The lowest BCUT2D eigenvalue weighted by molar-refractivity contribution is -0.528. The van der Waals surface area contributed by atoms with Crippen LogP contribution >= 0.6 is 0 Å². The molecular formula is C18H27N6O2+. The van der Waals surface area contributed by atoms with Gasteiger partial charge in [-0.25, -0.2) is 9.37 Å². The van der Waals surface area contributed by atoms with Crippen LogP contribution in [0.4, 0.5) is 4.79 Å². The molecule has 3 amide bonds. The van der Waals surface area contributed by atoms with Gasteiger partial charge in [0.2, 0.25) is 11.9 Å². The summed E-state index contributed by atoms with van der Waals surface area (Å²) in [6, 6.07) is -0.926. The molecule has 0 saturated carbocycles. The number of likely N-dealkylation sites (N-methyl/N-ethyl adjacent to an activating group) is 2. The summed E-state index contributed by atoms with van der Waals surface area (Å²) in [6.45, 7) is 15.4. The normalized spacial score (nSPS) is 23.2. The molecule has 0 bridgehead atoms. The number of aliphatic imine (C=N–C) groups is 1. The average Bonchev–Trinajstić information content (AvgIpc) is 2.92. The van der Waals surface area contributed by atoms with Gasteiger partial charge in [0.1, 0.15) is 13.1 Å². The van der Waals surface area contributed by atoms with Gasteiger partial charge in [-0.15, -0.1) is 10.1 Å². The van der Waals surface area contributed by atoms with Gasteiger partial charge in [-0.3, -0.25) is 14.6 Å². The van der Waals surface area contributed by atoms with Crippen molar-refractivity contribution in [2.45, 2.75) is 40.7 Å². The van der Waals surface area contributed by atoms with Crippen molar-refractivity contribution in [3.63, 3.8) is 0 Å². The molecule has 8 heteroatoms. The summed E-state index contributed by atoms with van der Waals surface area (Å²) in [6.07, 6.45) is 0. The quantitative estimate of drug-likeness (QED) is 0.564. The summed E-state index contributed by atoms with van der Waals surface area (Å²) in [4.78, 5) is 32.8. The van der Waals surface area contributed by atoms with Crippen LogP contribution in [0.2, 0.25) is 0 Å². The Morgan fingerprint density at radius 3 is 2.54 bits per heavy atom. The molecule has 0 aromatic rings. The van der Waals surface area contributed by atoms with E-state index >= 15 is 0 Å². The lowest BCUT2D eigenvalue weighted by Crippen LogP contribution is -2.63. The molecule has 1 fully saturated rings. The highest BCUT2D eigenvalue weighted by atomic mass is 16.2. The molecule has 3 heterocycles. The molecule has 0 radical (unpaired) electrons. The number of amidine groups is 1. The molecular weight excluding hydrogens is 332 g/mol. The molecule has 0 aromatic heterocycles. The number of rotatable bonds is 3. The second-order valence-corrected chi connectivity index (χ2v) is 8.04. The summed E-state index contributed by atoms with van der Waals surface area (Å²) in [7, 11) is 1.66. The molecule has 26 heavy (non-hydrogen) atoms. The minimum Gasteiger partial charge on any atom is -0.270 e. The first-order chi connectivity index (χ1) is 12.1. The van der Waals surface area contributed by atoms with Crippen LogP contribution in [0.1, 0.15) is 34.6 Å². The number of hydrazone groups is 1. The van der Waals surface area contributed by atoms with Crippen LogP contribution in [0.15, 0.2) is 22.2 Å². The van der Waals surface area contributed by atoms with Crippen LogP contribution < -0.4 is 0 Å². The van der Waals surface area contributed by atoms with Crippen LogP contribution in [0.25, 0.3) is 0 Å². The Bertz CT molecular complexity index is 786. The zero-order valence-corrected chi connectivity index (χ0v) is 16.4. The fraction of sp³-hybridized carbons (Fsp3) is 0.611. The fourth-order valence-corrected chi connectivity index (χ4v) is 3.30. The third-order valence-electron chi connectivity index (χ3n) is 4.78. The molecule has 3 rings (SSSR count). The minimum absolute atomic E-state index is 0.147. The fourth-order valence-electron chi connectivity index (χ4n) is 3.30. The lowest BCUT2D eigenvalue weighted by Gasteiger charge is -2.34. The van der Waals surface area contributed by atoms with Crippen LogP contribution in [0.5, 0.6) is 0 Å². The number of hydrogen-bond acceptors (Lipinski definition) is 5. The monoisotopic (exact) mass is 359 g/mol. The summed E-state index contributed by atoms with van der Waals surface area (Å²) < 4.78 is 1.96. The molecule has 0 spiro atoms. The summed E-state index contributed by atoms with van der Waals surface area (Å²) in [5.41, 5.74) is 1.76. The van der Waals surface area contributed by atoms with Crippen LogP contribution in [-0.4, -0.2) is 81.6 Å². The van der Waals surface area contributed by atoms with E-state index < -0.39 is 6.04 Å². The van der Waals surface area contributed by atoms with Crippen LogP contribution in [0.3, 0.4) is 0 Å². The van der Waals surface area contributed by atoms with Gasteiger partial charge in [-0.05, 0) is 19.4 Å². The molecule has 8 nitrogen and oxygen atoms in total. The largest absolute Gasteiger partial charge is 0.417 e. The van der Waals surface area contributed by atoms with Gasteiger partial charge in [-0.1, -0.05) is 32.3 Å². The molecule has 0 aliphatic carbocycles. The molecule has 0 N–H and O–H groups in total. The summed E-state index contributed by atoms with van der Waals surface area (Å²) in [5.74, 6) is 0.846. The number of amides is 3. The standard InChI is InChI=1S/C18H27N6O2/c1-8-22-15(25)13-14(21(7)17(22)26)19-16-23(13)10-12(18(4,5)6)20-24(16)9-11(2)3/h13H,2,8-10H2,1,3-7H3/q+1. The van der Waals surface area contributed by atoms with Crippen molar-refractivity contribution in [3.8, 4) is 0 Å². The Labute approximate surface area is 154 Å². The highest BCUT2D eigenvalue weighted by Gasteiger charge is 2.54. The minimum atomic E-state index is -0.590. The number of imide groups is 1. The zero-order chi connectivity index (χ0) is 19.4. The van der Waals surface area contributed by atoms with Crippen molar-refractivity contribution >= 4 is 29.4 Å². The second kappa shape index (κ2) is 6.03. The number of fused-ring (bicyclic) bond motifs is 2. The topological polar surface area (TPSA) is 71.6 Å². The van der Waals surface area contributed by atoms with Crippen LogP contribution in [-0.2, 0) is 4.79 Å². The Balaban J connectivity index is 2.07. The van der Waals surface area contributed by atoms with E-state index in [2.05, 4.69) is 32.3 Å². The maximum Gasteiger partial charge on any atom is 0.417 e. The van der Waals surface area contributed by atoms with Crippen molar-refractivity contribution in [1.82, 2.24) is 14.8 Å². The van der Waals surface area contributed by atoms with E-state index in [9.17, 15) is 9.59 Å². The predicted octanol–water partition coefficient (Wildman–Crippen LogP) is 1.34. The molecule has 1 saturated heterocycles. The number of guanidine groups is 1. The SMILES string of the molecule is C=C(C)CN1N=C(C(C)(C)C)C[N+]2=C1N=C1C2C(=O)N(CC)C(=O)N1C. The second-order valence-electron chi connectivity index (χ2n) is 8.04.